The third-order valence-corrected chi connectivity index (χ3v) is 4.28. The molecule has 0 saturated heterocycles. The summed E-state index contributed by atoms with van der Waals surface area (Å²) in [6, 6.07) is 13.3. The SMILES string of the molecule is Nc1cc(C(=O)NC2CCCc3ccccc32)ccc1Cl. The van der Waals surface area contributed by atoms with Gasteiger partial charge >= 0.3 is 0 Å². The molecule has 1 aliphatic rings. The zero-order valence-electron chi connectivity index (χ0n) is 11.6. The highest BCUT2D eigenvalue weighted by Gasteiger charge is 2.21. The molecule has 108 valence electrons. The van der Waals surface area contributed by atoms with Crippen LogP contribution in [0.2, 0.25) is 5.02 Å². The summed E-state index contributed by atoms with van der Waals surface area (Å²) in [5.41, 5.74) is 9.27. The molecule has 1 aliphatic carbocycles. The maximum absolute atomic E-state index is 12.4. The molecule has 1 atom stereocenters. The molecular formula is C17H17ClN2O. The van der Waals surface area contributed by atoms with E-state index in [9.17, 15) is 4.79 Å². The molecule has 4 heteroatoms. The van der Waals surface area contributed by atoms with E-state index in [0.29, 0.717) is 16.3 Å². The molecule has 0 aliphatic heterocycles. The topological polar surface area (TPSA) is 55.1 Å². The van der Waals surface area contributed by atoms with E-state index in [1.807, 2.05) is 12.1 Å². The third-order valence-electron chi connectivity index (χ3n) is 3.93. The number of aryl methyl sites for hydroxylation is 1. The number of fused-ring (bicyclic) bond motifs is 1. The second kappa shape index (κ2) is 5.78. The lowest BCUT2D eigenvalue weighted by atomic mass is 9.87. The summed E-state index contributed by atoms with van der Waals surface area (Å²) >= 11 is 5.89. The summed E-state index contributed by atoms with van der Waals surface area (Å²) in [5, 5.41) is 3.57. The summed E-state index contributed by atoms with van der Waals surface area (Å²) in [7, 11) is 0. The van der Waals surface area contributed by atoms with Crippen LogP contribution >= 0.6 is 11.6 Å². The van der Waals surface area contributed by atoms with E-state index >= 15 is 0 Å². The fourth-order valence-corrected chi connectivity index (χ4v) is 2.95. The fraction of sp³-hybridized carbons (Fsp3) is 0.235. The van der Waals surface area contributed by atoms with Crippen LogP contribution in [0.3, 0.4) is 0 Å². The first-order chi connectivity index (χ1) is 10.1. The Morgan fingerprint density at radius 1 is 1.24 bits per heavy atom. The van der Waals surface area contributed by atoms with Gasteiger partial charge in [0.15, 0.2) is 0 Å². The number of amides is 1. The average molecular weight is 301 g/mol. The van der Waals surface area contributed by atoms with Crippen molar-refractivity contribution in [2.24, 2.45) is 0 Å². The molecule has 0 heterocycles. The number of benzene rings is 2. The number of nitrogens with one attached hydrogen (secondary N) is 1. The van der Waals surface area contributed by atoms with Crippen LogP contribution in [0.15, 0.2) is 42.5 Å². The zero-order valence-corrected chi connectivity index (χ0v) is 12.4. The maximum atomic E-state index is 12.4. The van der Waals surface area contributed by atoms with Crippen LogP contribution in [0.5, 0.6) is 0 Å². The molecule has 1 amide bonds. The molecule has 1 unspecified atom stereocenters. The number of anilines is 1. The molecule has 0 saturated carbocycles. The van der Waals surface area contributed by atoms with Crippen molar-refractivity contribution in [1.82, 2.24) is 5.32 Å². The normalized spacial score (nSPS) is 17.1. The van der Waals surface area contributed by atoms with Crippen molar-refractivity contribution in [2.45, 2.75) is 25.3 Å². The summed E-state index contributed by atoms with van der Waals surface area (Å²) in [6.07, 6.45) is 3.13. The molecule has 3 nitrogen and oxygen atoms in total. The highest BCUT2D eigenvalue weighted by Crippen LogP contribution is 2.30. The number of nitrogen functional groups attached to an aromatic ring is 1. The Balaban J connectivity index is 1.81. The first-order valence-electron chi connectivity index (χ1n) is 7.09. The summed E-state index contributed by atoms with van der Waals surface area (Å²) in [5.74, 6) is -0.111. The van der Waals surface area contributed by atoms with Crippen molar-refractivity contribution in [3.63, 3.8) is 0 Å². The Morgan fingerprint density at radius 2 is 2.05 bits per heavy atom. The van der Waals surface area contributed by atoms with Gasteiger partial charge in [-0.1, -0.05) is 35.9 Å². The van der Waals surface area contributed by atoms with Gasteiger partial charge in [-0.05, 0) is 48.6 Å². The number of halogens is 1. The highest BCUT2D eigenvalue weighted by molar-refractivity contribution is 6.33. The first-order valence-corrected chi connectivity index (χ1v) is 7.46. The van der Waals surface area contributed by atoms with Crippen molar-refractivity contribution in [3.05, 3.63) is 64.2 Å². The number of rotatable bonds is 2. The molecule has 0 bridgehead atoms. The molecule has 2 aromatic carbocycles. The van der Waals surface area contributed by atoms with E-state index < -0.39 is 0 Å². The van der Waals surface area contributed by atoms with Crippen molar-refractivity contribution in [3.8, 4) is 0 Å². The van der Waals surface area contributed by atoms with Crippen molar-refractivity contribution in [2.75, 3.05) is 5.73 Å². The number of carbonyl (C=O) groups is 1. The standard InChI is InChI=1S/C17H17ClN2O/c18-14-9-8-12(10-15(14)19)17(21)20-16-7-3-5-11-4-1-2-6-13(11)16/h1-2,4,6,8-10,16H,3,5,7,19H2,(H,20,21). The van der Waals surface area contributed by atoms with Gasteiger partial charge in [0.2, 0.25) is 0 Å². The zero-order chi connectivity index (χ0) is 14.8. The summed E-state index contributed by atoms with van der Waals surface area (Å²) in [4.78, 5) is 12.4. The van der Waals surface area contributed by atoms with Gasteiger partial charge in [-0.2, -0.15) is 0 Å². The minimum atomic E-state index is -0.111. The van der Waals surface area contributed by atoms with Crippen molar-refractivity contribution in [1.29, 1.82) is 0 Å². The second-order valence-electron chi connectivity index (χ2n) is 5.35. The smallest absolute Gasteiger partial charge is 0.251 e. The van der Waals surface area contributed by atoms with E-state index in [1.165, 1.54) is 11.1 Å². The maximum Gasteiger partial charge on any atom is 0.251 e. The number of hydrogen-bond donors (Lipinski definition) is 2. The lowest BCUT2D eigenvalue weighted by molar-refractivity contribution is 0.0933. The van der Waals surface area contributed by atoms with Gasteiger partial charge in [0.1, 0.15) is 0 Å². The van der Waals surface area contributed by atoms with Gasteiger partial charge in [-0.25, -0.2) is 0 Å². The predicted octanol–water partition coefficient (Wildman–Crippen LogP) is 3.73. The Hall–Kier alpha value is -2.00. The quantitative estimate of drug-likeness (QED) is 0.830. The van der Waals surface area contributed by atoms with Crippen LogP contribution in [0.1, 0.15) is 40.4 Å². The molecule has 0 aromatic heterocycles. The number of nitrogens with two attached hydrogens (primary N) is 1. The average Bonchev–Trinajstić information content (AvgIpc) is 2.50. The van der Waals surface area contributed by atoms with Crippen LogP contribution < -0.4 is 11.1 Å². The number of carbonyl (C=O) groups excluding carboxylic acids is 1. The number of hydrogen-bond acceptors (Lipinski definition) is 2. The van der Waals surface area contributed by atoms with Gasteiger partial charge in [0, 0.05) is 5.56 Å². The minimum Gasteiger partial charge on any atom is -0.398 e. The first kappa shape index (κ1) is 14.0. The Labute approximate surface area is 129 Å². The van der Waals surface area contributed by atoms with E-state index in [1.54, 1.807) is 18.2 Å². The van der Waals surface area contributed by atoms with Gasteiger partial charge in [-0.3, -0.25) is 4.79 Å². The van der Waals surface area contributed by atoms with Gasteiger partial charge in [0.25, 0.3) is 5.91 Å². The monoisotopic (exact) mass is 300 g/mol. The lowest BCUT2D eigenvalue weighted by Crippen LogP contribution is -2.31. The molecule has 3 N–H and O–H groups in total. The van der Waals surface area contributed by atoms with Crippen LogP contribution in [0, 0.1) is 0 Å². The third kappa shape index (κ3) is 2.88. The van der Waals surface area contributed by atoms with Gasteiger partial charge < -0.3 is 11.1 Å². The van der Waals surface area contributed by atoms with E-state index in [0.717, 1.165) is 19.3 Å². The molecule has 0 spiro atoms. The highest BCUT2D eigenvalue weighted by atomic mass is 35.5. The van der Waals surface area contributed by atoms with Crippen LogP contribution in [-0.2, 0) is 6.42 Å². The van der Waals surface area contributed by atoms with Gasteiger partial charge in [0.05, 0.1) is 16.8 Å². The fourth-order valence-electron chi connectivity index (χ4n) is 2.83. The molecule has 3 rings (SSSR count). The predicted molar refractivity (Wildman–Crippen MR) is 85.5 cm³/mol. The Bertz CT molecular complexity index is 684. The van der Waals surface area contributed by atoms with E-state index in [2.05, 4.69) is 17.4 Å². The molecule has 0 fully saturated rings. The second-order valence-corrected chi connectivity index (χ2v) is 5.76. The molecule has 2 aromatic rings. The van der Waals surface area contributed by atoms with Crippen LogP contribution in [0.4, 0.5) is 5.69 Å². The van der Waals surface area contributed by atoms with Crippen molar-refractivity contribution < 1.29 is 4.79 Å². The van der Waals surface area contributed by atoms with Crippen LogP contribution in [-0.4, -0.2) is 5.91 Å². The molecule has 0 radical (unpaired) electrons. The Kier molecular flexibility index (Phi) is 3.84. The van der Waals surface area contributed by atoms with E-state index in [-0.39, 0.29) is 11.9 Å². The molecule has 21 heavy (non-hydrogen) atoms. The minimum absolute atomic E-state index is 0.0688. The largest absolute Gasteiger partial charge is 0.398 e. The van der Waals surface area contributed by atoms with Gasteiger partial charge in [-0.15, -0.1) is 0 Å². The lowest BCUT2D eigenvalue weighted by Gasteiger charge is -2.26. The van der Waals surface area contributed by atoms with E-state index in [4.69, 9.17) is 17.3 Å². The summed E-state index contributed by atoms with van der Waals surface area (Å²) < 4.78 is 0. The van der Waals surface area contributed by atoms with Crippen molar-refractivity contribution >= 4 is 23.2 Å². The Morgan fingerprint density at radius 3 is 2.86 bits per heavy atom. The van der Waals surface area contributed by atoms with Crippen LogP contribution in [0.25, 0.3) is 0 Å². The molecular weight excluding hydrogens is 284 g/mol. The summed E-state index contributed by atoms with van der Waals surface area (Å²) in [6.45, 7) is 0.